The third kappa shape index (κ3) is 2.88. The van der Waals surface area contributed by atoms with Crippen LogP contribution in [0.1, 0.15) is 10.4 Å². The Hall–Kier alpha value is -2.37. The summed E-state index contributed by atoms with van der Waals surface area (Å²) >= 11 is 12.1. The molecule has 0 fully saturated rings. The molecule has 24 heavy (non-hydrogen) atoms. The van der Waals surface area contributed by atoms with Crippen molar-refractivity contribution in [1.82, 2.24) is 4.98 Å². The van der Waals surface area contributed by atoms with E-state index in [0.29, 0.717) is 38.2 Å². The second kappa shape index (κ2) is 6.63. The highest BCUT2D eigenvalue weighted by Crippen LogP contribution is 2.34. The molecule has 2 N–H and O–H groups in total. The van der Waals surface area contributed by atoms with E-state index in [9.17, 15) is 4.79 Å². The maximum atomic E-state index is 12.6. The molecule has 1 heterocycles. The van der Waals surface area contributed by atoms with Gasteiger partial charge in [0.1, 0.15) is 0 Å². The molecule has 0 aliphatic heterocycles. The second-order valence-corrected chi connectivity index (χ2v) is 5.80. The van der Waals surface area contributed by atoms with E-state index in [2.05, 4.69) is 10.3 Å². The number of amides is 1. The molecule has 1 amide bonds. The fourth-order valence-corrected chi connectivity index (χ4v) is 2.77. The summed E-state index contributed by atoms with van der Waals surface area (Å²) in [6.07, 6.45) is 1.62. The van der Waals surface area contributed by atoms with Crippen molar-refractivity contribution in [3.8, 4) is 11.5 Å². The van der Waals surface area contributed by atoms with E-state index in [0.717, 1.165) is 5.52 Å². The van der Waals surface area contributed by atoms with Gasteiger partial charge in [0.2, 0.25) is 0 Å². The molecule has 0 atom stereocenters. The maximum Gasteiger partial charge on any atom is 0.257 e. The second-order valence-electron chi connectivity index (χ2n) is 5.01. The number of ether oxygens (including phenoxy) is 2. The highest BCUT2D eigenvalue weighted by Gasteiger charge is 2.17. The Morgan fingerprint density at radius 1 is 1.12 bits per heavy atom. The quantitative estimate of drug-likeness (QED) is 0.702. The van der Waals surface area contributed by atoms with E-state index in [-0.39, 0.29) is 5.91 Å². The van der Waals surface area contributed by atoms with Crippen LogP contribution in [0.2, 0.25) is 10.0 Å². The molecular weight excluding hydrogens is 351 g/mol. The number of rotatable bonds is 4. The molecule has 0 spiro atoms. The van der Waals surface area contributed by atoms with Gasteiger partial charge in [-0.3, -0.25) is 4.79 Å². The molecule has 0 saturated carbocycles. The summed E-state index contributed by atoms with van der Waals surface area (Å²) < 4.78 is 10.6. The van der Waals surface area contributed by atoms with Crippen LogP contribution in [0.25, 0.3) is 10.9 Å². The number of carbonyl (C=O) groups excluding carboxylic acids is 1. The normalized spacial score (nSPS) is 10.7. The molecule has 0 saturated heterocycles. The minimum absolute atomic E-state index is 0.298. The number of benzene rings is 2. The molecule has 5 nitrogen and oxygen atoms in total. The average Bonchev–Trinajstić information content (AvgIpc) is 3.00. The van der Waals surface area contributed by atoms with Gasteiger partial charge in [0, 0.05) is 17.6 Å². The summed E-state index contributed by atoms with van der Waals surface area (Å²) in [6, 6.07) is 8.58. The predicted octanol–water partition coefficient (Wildman–Crippen LogP) is 4.74. The van der Waals surface area contributed by atoms with E-state index in [1.54, 1.807) is 50.7 Å². The number of aromatic nitrogens is 1. The van der Waals surface area contributed by atoms with Crippen molar-refractivity contribution in [2.75, 3.05) is 19.5 Å². The van der Waals surface area contributed by atoms with Crippen molar-refractivity contribution in [3.05, 3.63) is 52.1 Å². The molecule has 0 aliphatic carbocycles. The summed E-state index contributed by atoms with van der Waals surface area (Å²) in [7, 11) is 3.10. The Morgan fingerprint density at radius 2 is 1.83 bits per heavy atom. The fraction of sp³-hybridized carbons (Fsp3) is 0.118. The largest absolute Gasteiger partial charge is 0.493 e. The number of nitrogens with one attached hydrogen (secondary N) is 2. The van der Waals surface area contributed by atoms with Crippen LogP contribution in [-0.2, 0) is 0 Å². The standard InChI is InChI=1S/C17H14Cl2N2O3/c1-23-14-6-9-10(8-20-13(9)7-15(14)24-2)17(22)21-12-5-3-4-11(18)16(12)19/h3-8,20H,1-2H3,(H,21,22). The Bertz CT molecular complexity index is 922. The number of H-pyrrole nitrogens is 1. The van der Waals surface area contributed by atoms with E-state index in [1.807, 2.05) is 0 Å². The number of fused-ring (bicyclic) bond motifs is 1. The monoisotopic (exact) mass is 364 g/mol. The molecule has 0 radical (unpaired) electrons. The van der Waals surface area contributed by atoms with Gasteiger partial charge in [0.25, 0.3) is 5.91 Å². The Labute approximate surface area is 148 Å². The van der Waals surface area contributed by atoms with Crippen LogP contribution in [0.5, 0.6) is 11.5 Å². The van der Waals surface area contributed by atoms with Crippen LogP contribution in [-0.4, -0.2) is 25.1 Å². The first-order valence-electron chi connectivity index (χ1n) is 7.03. The van der Waals surface area contributed by atoms with Gasteiger partial charge < -0.3 is 19.8 Å². The maximum absolute atomic E-state index is 12.6. The minimum atomic E-state index is -0.308. The predicted molar refractivity (Wildman–Crippen MR) is 95.8 cm³/mol. The van der Waals surface area contributed by atoms with Crippen molar-refractivity contribution in [2.45, 2.75) is 0 Å². The van der Waals surface area contributed by atoms with Crippen molar-refractivity contribution in [2.24, 2.45) is 0 Å². The van der Waals surface area contributed by atoms with Gasteiger partial charge in [-0.05, 0) is 18.2 Å². The molecule has 3 rings (SSSR count). The van der Waals surface area contributed by atoms with Gasteiger partial charge in [0.15, 0.2) is 11.5 Å². The lowest BCUT2D eigenvalue weighted by Gasteiger charge is -2.09. The van der Waals surface area contributed by atoms with Gasteiger partial charge in [-0.25, -0.2) is 0 Å². The average molecular weight is 365 g/mol. The Morgan fingerprint density at radius 3 is 2.54 bits per heavy atom. The molecule has 7 heteroatoms. The Balaban J connectivity index is 1.99. The number of halogens is 2. The highest BCUT2D eigenvalue weighted by molar-refractivity contribution is 6.44. The van der Waals surface area contributed by atoms with Crippen molar-refractivity contribution < 1.29 is 14.3 Å². The lowest BCUT2D eigenvalue weighted by atomic mass is 10.1. The Kier molecular flexibility index (Phi) is 4.55. The lowest BCUT2D eigenvalue weighted by molar-refractivity contribution is 0.102. The summed E-state index contributed by atoms with van der Waals surface area (Å²) in [5.41, 5.74) is 1.67. The number of carbonyl (C=O) groups is 1. The minimum Gasteiger partial charge on any atom is -0.493 e. The lowest BCUT2D eigenvalue weighted by Crippen LogP contribution is -2.11. The molecule has 0 unspecified atom stereocenters. The first-order chi connectivity index (χ1) is 11.5. The van der Waals surface area contributed by atoms with Crippen LogP contribution in [0.3, 0.4) is 0 Å². The van der Waals surface area contributed by atoms with E-state index >= 15 is 0 Å². The zero-order chi connectivity index (χ0) is 17.3. The number of hydrogen-bond acceptors (Lipinski definition) is 3. The SMILES string of the molecule is COc1cc2[nH]cc(C(=O)Nc3cccc(Cl)c3Cl)c2cc1OC. The van der Waals surface area contributed by atoms with Crippen LogP contribution >= 0.6 is 23.2 Å². The van der Waals surface area contributed by atoms with Crippen LogP contribution in [0.4, 0.5) is 5.69 Å². The molecule has 1 aromatic heterocycles. The summed E-state index contributed by atoms with van der Waals surface area (Å²) in [6.45, 7) is 0. The van der Waals surface area contributed by atoms with Gasteiger partial charge in [-0.15, -0.1) is 0 Å². The molecule has 2 aromatic carbocycles. The smallest absolute Gasteiger partial charge is 0.257 e. The highest BCUT2D eigenvalue weighted by atomic mass is 35.5. The van der Waals surface area contributed by atoms with Crippen molar-refractivity contribution >= 4 is 45.7 Å². The van der Waals surface area contributed by atoms with Gasteiger partial charge in [-0.2, -0.15) is 0 Å². The molecule has 0 bridgehead atoms. The van der Waals surface area contributed by atoms with Crippen LogP contribution in [0, 0.1) is 0 Å². The third-order valence-corrected chi connectivity index (χ3v) is 4.45. The number of methoxy groups -OCH3 is 2. The van der Waals surface area contributed by atoms with E-state index in [1.165, 1.54) is 0 Å². The zero-order valence-corrected chi connectivity index (χ0v) is 14.5. The number of anilines is 1. The molecule has 124 valence electrons. The summed E-state index contributed by atoms with van der Waals surface area (Å²) in [5.74, 6) is 0.814. The van der Waals surface area contributed by atoms with E-state index < -0.39 is 0 Å². The zero-order valence-electron chi connectivity index (χ0n) is 12.9. The van der Waals surface area contributed by atoms with Crippen LogP contribution < -0.4 is 14.8 Å². The van der Waals surface area contributed by atoms with Crippen molar-refractivity contribution in [1.29, 1.82) is 0 Å². The van der Waals surface area contributed by atoms with Crippen molar-refractivity contribution in [3.63, 3.8) is 0 Å². The first-order valence-corrected chi connectivity index (χ1v) is 7.79. The van der Waals surface area contributed by atoms with Gasteiger partial charge in [-0.1, -0.05) is 29.3 Å². The fourth-order valence-electron chi connectivity index (χ4n) is 2.43. The molecular formula is C17H14Cl2N2O3. The summed E-state index contributed by atoms with van der Waals surface area (Å²) in [4.78, 5) is 15.7. The number of aromatic amines is 1. The summed E-state index contributed by atoms with van der Waals surface area (Å²) in [5, 5.41) is 4.15. The molecule has 3 aromatic rings. The topological polar surface area (TPSA) is 63.4 Å². The van der Waals surface area contributed by atoms with E-state index in [4.69, 9.17) is 32.7 Å². The first kappa shape index (κ1) is 16.5. The van der Waals surface area contributed by atoms with Crippen LogP contribution in [0.15, 0.2) is 36.5 Å². The number of hydrogen-bond donors (Lipinski definition) is 2. The van der Waals surface area contributed by atoms with Gasteiger partial charge >= 0.3 is 0 Å². The van der Waals surface area contributed by atoms with Gasteiger partial charge in [0.05, 0.1) is 41.0 Å². The molecule has 0 aliphatic rings. The third-order valence-electron chi connectivity index (χ3n) is 3.63.